The highest BCUT2D eigenvalue weighted by Gasteiger charge is 2.13. The Labute approximate surface area is 93.1 Å². The molecule has 0 amide bonds. The number of benzene rings is 2. The fourth-order valence-corrected chi connectivity index (χ4v) is 2.01. The van der Waals surface area contributed by atoms with Gasteiger partial charge in [-0.15, -0.1) is 0 Å². The summed E-state index contributed by atoms with van der Waals surface area (Å²) in [6.45, 7) is 0. The molecule has 0 aliphatic carbocycles. The third-order valence-corrected chi connectivity index (χ3v) is 2.92. The predicted molar refractivity (Wildman–Crippen MR) is 64.8 cm³/mol. The SMILES string of the molecule is [OH+]=C(Sc1ccccc1)c1ccccc1. The fraction of sp³-hybridized carbons (Fsp3) is 0. The van der Waals surface area contributed by atoms with Crippen molar-refractivity contribution in [3.05, 3.63) is 66.2 Å². The predicted octanol–water partition coefficient (Wildman–Crippen LogP) is 3.33. The Morgan fingerprint density at radius 3 is 1.93 bits per heavy atom. The Morgan fingerprint density at radius 2 is 1.33 bits per heavy atom. The van der Waals surface area contributed by atoms with Crippen molar-refractivity contribution in [2.45, 2.75) is 4.90 Å². The van der Waals surface area contributed by atoms with Crippen LogP contribution in [0.1, 0.15) is 5.56 Å². The molecule has 2 aromatic rings. The van der Waals surface area contributed by atoms with Gasteiger partial charge >= 0.3 is 5.12 Å². The number of thioether (sulfide) groups is 1. The van der Waals surface area contributed by atoms with Gasteiger partial charge in [0.05, 0.1) is 5.56 Å². The lowest BCUT2D eigenvalue weighted by Crippen LogP contribution is -1.93. The minimum atomic E-state index is 0.335. The molecule has 15 heavy (non-hydrogen) atoms. The highest BCUT2D eigenvalue weighted by molar-refractivity contribution is 8.14. The third kappa shape index (κ3) is 2.70. The Balaban J connectivity index is 2.12. The van der Waals surface area contributed by atoms with Crippen molar-refractivity contribution in [1.29, 1.82) is 0 Å². The Morgan fingerprint density at radius 1 is 0.800 bits per heavy atom. The molecule has 0 saturated carbocycles. The average molecular weight is 215 g/mol. The maximum Gasteiger partial charge on any atom is 0.387 e. The molecule has 74 valence electrons. The van der Waals surface area contributed by atoms with Gasteiger partial charge in [0.15, 0.2) is 0 Å². The van der Waals surface area contributed by atoms with Gasteiger partial charge in [-0.25, -0.2) is 0 Å². The van der Waals surface area contributed by atoms with Crippen molar-refractivity contribution < 1.29 is 4.79 Å². The van der Waals surface area contributed by atoms with Gasteiger partial charge in [0, 0.05) is 16.7 Å². The van der Waals surface area contributed by atoms with Crippen LogP contribution in [0.5, 0.6) is 0 Å². The zero-order valence-electron chi connectivity index (χ0n) is 8.13. The van der Waals surface area contributed by atoms with Gasteiger partial charge < -0.3 is 0 Å². The van der Waals surface area contributed by atoms with Crippen LogP contribution in [0.4, 0.5) is 0 Å². The van der Waals surface area contributed by atoms with E-state index in [0.717, 1.165) is 10.5 Å². The average Bonchev–Trinajstić information content (AvgIpc) is 2.31. The minimum Gasteiger partial charge on any atom is -0.267 e. The molecule has 2 rings (SSSR count). The van der Waals surface area contributed by atoms with Crippen molar-refractivity contribution in [3.8, 4) is 0 Å². The van der Waals surface area contributed by atoms with E-state index in [0.29, 0.717) is 5.12 Å². The van der Waals surface area contributed by atoms with Crippen molar-refractivity contribution in [3.63, 3.8) is 0 Å². The molecule has 2 heteroatoms. The van der Waals surface area contributed by atoms with Crippen LogP contribution in [0, 0.1) is 0 Å². The third-order valence-electron chi connectivity index (χ3n) is 1.98. The van der Waals surface area contributed by atoms with Gasteiger partial charge in [-0.2, -0.15) is 0 Å². The van der Waals surface area contributed by atoms with Crippen molar-refractivity contribution in [2.75, 3.05) is 0 Å². The first kappa shape index (κ1) is 9.99. The second-order valence-corrected chi connectivity index (χ2v) is 4.15. The Kier molecular flexibility index (Phi) is 3.20. The monoisotopic (exact) mass is 215 g/mol. The lowest BCUT2D eigenvalue weighted by molar-refractivity contribution is 0.689. The smallest absolute Gasteiger partial charge is 0.267 e. The van der Waals surface area contributed by atoms with Gasteiger partial charge in [-0.3, -0.25) is 4.79 Å². The number of rotatable bonds is 2. The standard InChI is InChI=1S/C13H10OS/c14-13(11-7-3-1-4-8-11)15-12-9-5-2-6-10-12/h1-10H/p+1. The van der Waals surface area contributed by atoms with Crippen LogP contribution in [-0.4, -0.2) is 9.91 Å². The lowest BCUT2D eigenvalue weighted by atomic mass is 10.2. The largest absolute Gasteiger partial charge is 0.387 e. The maximum atomic E-state index is 9.85. The van der Waals surface area contributed by atoms with Gasteiger partial charge in [-0.1, -0.05) is 36.4 Å². The van der Waals surface area contributed by atoms with Crippen molar-refractivity contribution in [1.82, 2.24) is 0 Å². The van der Waals surface area contributed by atoms with E-state index in [1.807, 2.05) is 60.7 Å². The molecule has 0 atom stereocenters. The van der Waals surface area contributed by atoms with Crippen LogP contribution in [-0.2, 0) is 0 Å². The summed E-state index contributed by atoms with van der Waals surface area (Å²) < 4.78 is 0. The highest BCUT2D eigenvalue weighted by atomic mass is 32.2. The number of carbonyl (C=O) groups excluding carboxylic acids is 1. The van der Waals surface area contributed by atoms with Crippen molar-refractivity contribution in [2.24, 2.45) is 0 Å². The van der Waals surface area contributed by atoms with E-state index in [9.17, 15) is 4.79 Å². The van der Waals surface area contributed by atoms with Gasteiger partial charge in [0.25, 0.3) is 0 Å². The fourth-order valence-electron chi connectivity index (χ4n) is 1.24. The van der Waals surface area contributed by atoms with Gasteiger partial charge in [0.1, 0.15) is 0 Å². The molecule has 0 unspecified atom stereocenters. The van der Waals surface area contributed by atoms with Crippen LogP contribution in [0.3, 0.4) is 0 Å². The lowest BCUT2D eigenvalue weighted by Gasteiger charge is -1.95. The molecule has 2 aromatic carbocycles. The second-order valence-electron chi connectivity index (χ2n) is 3.09. The maximum absolute atomic E-state index is 9.85. The van der Waals surface area contributed by atoms with Gasteiger partial charge in [0.2, 0.25) is 0 Å². The van der Waals surface area contributed by atoms with E-state index in [-0.39, 0.29) is 0 Å². The summed E-state index contributed by atoms with van der Waals surface area (Å²) in [5, 5.41) is 0.335. The number of hydrogen-bond donors (Lipinski definition) is 0. The van der Waals surface area contributed by atoms with Crippen LogP contribution in [0.15, 0.2) is 65.6 Å². The van der Waals surface area contributed by atoms with E-state index in [2.05, 4.69) is 0 Å². The Hall–Kier alpha value is -1.54. The summed E-state index contributed by atoms with van der Waals surface area (Å²) in [6.07, 6.45) is 0. The van der Waals surface area contributed by atoms with E-state index in [4.69, 9.17) is 0 Å². The zero-order chi connectivity index (χ0) is 10.5. The molecular weight excluding hydrogens is 204 g/mol. The zero-order valence-corrected chi connectivity index (χ0v) is 8.95. The molecule has 0 saturated heterocycles. The second kappa shape index (κ2) is 4.80. The molecule has 0 radical (unpaired) electrons. The molecule has 0 aromatic heterocycles. The summed E-state index contributed by atoms with van der Waals surface area (Å²) in [4.78, 5) is 10.9. The molecule has 0 aliphatic heterocycles. The normalized spacial score (nSPS) is 9.87. The summed E-state index contributed by atoms with van der Waals surface area (Å²) in [7, 11) is 0. The summed E-state index contributed by atoms with van der Waals surface area (Å²) >= 11 is 1.37. The molecule has 0 bridgehead atoms. The molecular formula is C13H11OS+. The molecule has 0 fully saturated rings. The van der Waals surface area contributed by atoms with Crippen LogP contribution in [0.25, 0.3) is 0 Å². The molecule has 0 aliphatic rings. The minimum absolute atomic E-state index is 0.335. The molecule has 0 heterocycles. The first-order valence-corrected chi connectivity index (χ1v) is 5.52. The first-order valence-electron chi connectivity index (χ1n) is 4.70. The van der Waals surface area contributed by atoms with Crippen LogP contribution in [0.2, 0.25) is 0 Å². The van der Waals surface area contributed by atoms with E-state index in [1.165, 1.54) is 11.8 Å². The van der Waals surface area contributed by atoms with Crippen LogP contribution < -0.4 is 0 Å². The van der Waals surface area contributed by atoms with Gasteiger partial charge in [-0.05, 0) is 24.3 Å². The number of hydrogen-bond acceptors (Lipinski definition) is 1. The van der Waals surface area contributed by atoms with E-state index >= 15 is 0 Å². The topological polar surface area (TPSA) is 21.4 Å². The van der Waals surface area contributed by atoms with E-state index in [1.54, 1.807) is 0 Å². The molecule has 1 nitrogen and oxygen atoms in total. The Bertz CT molecular complexity index is 437. The highest BCUT2D eigenvalue weighted by Crippen LogP contribution is 2.21. The first-order chi connectivity index (χ1) is 7.36. The summed E-state index contributed by atoms with van der Waals surface area (Å²) in [5.74, 6) is 0. The van der Waals surface area contributed by atoms with Crippen LogP contribution >= 0.6 is 11.8 Å². The molecule has 1 N–H and O–H groups in total. The van der Waals surface area contributed by atoms with Crippen molar-refractivity contribution >= 4 is 16.9 Å². The molecule has 0 spiro atoms. The van der Waals surface area contributed by atoms with E-state index < -0.39 is 0 Å². The quantitative estimate of drug-likeness (QED) is 0.556. The summed E-state index contributed by atoms with van der Waals surface area (Å²) in [5.41, 5.74) is 0.853. The summed E-state index contributed by atoms with van der Waals surface area (Å²) in [6, 6.07) is 19.4.